The van der Waals surface area contributed by atoms with Gasteiger partial charge in [-0.15, -0.1) is 0 Å². The van der Waals surface area contributed by atoms with Crippen LogP contribution in [0.5, 0.6) is 0 Å². The molecule has 2 aromatic rings. The van der Waals surface area contributed by atoms with Crippen molar-refractivity contribution in [2.24, 2.45) is 0 Å². The van der Waals surface area contributed by atoms with E-state index in [1.807, 2.05) is 18.2 Å². The van der Waals surface area contributed by atoms with E-state index >= 15 is 0 Å². The van der Waals surface area contributed by atoms with Crippen molar-refractivity contribution in [1.82, 2.24) is 9.55 Å². The van der Waals surface area contributed by atoms with Gasteiger partial charge in [0.25, 0.3) is 0 Å². The fourth-order valence-electron chi connectivity index (χ4n) is 2.60. The molecule has 104 valence electrons. The Morgan fingerprint density at radius 3 is 2.74 bits per heavy atom. The summed E-state index contributed by atoms with van der Waals surface area (Å²) in [6, 6.07) is 5.85. The van der Waals surface area contributed by atoms with Gasteiger partial charge in [-0.3, -0.25) is 0 Å². The first-order valence-corrected chi connectivity index (χ1v) is 6.88. The number of hydrogen-bond donors (Lipinski definition) is 2. The van der Waals surface area contributed by atoms with Crippen molar-refractivity contribution >= 4 is 16.7 Å². The molecule has 0 spiro atoms. The maximum atomic E-state index is 9.28. The molecular formula is C15H23N3O. The van der Waals surface area contributed by atoms with Gasteiger partial charge in [-0.1, -0.05) is 6.92 Å². The number of fused-ring (bicyclic) bond motifs is 1. The zero-order valence-electron chi connectivity index (χ0n) is 12.0. The van der Waals surface area contributed by atoms with Crippen LogP contribution in [0.4, 0.5) is 5.69 Å². The van der Waals surface area contributed by atoms with Crippen LogP contribution in [0, 0.1) is 0 Å². The van der Waals surface area contributed by atoms with Crippen molar-refractivity contribution in [2.45, 2.75) is 45.6 Å². The van der Waals surface area contributed by atoms with E-state index in [4.69, 9.17) is 10.7 Å². The predicted molar refractivity (Wildman–Crippen MR) is 79.2 cm³/mol. The van der Waals surface area contributed by atoms with Crippen LogP contribution in [0.1, 0.15) is 39.4 Å². The largest absolute Gasteiger partial charge is 0.399 e. The van der Waals surface area contributed by atoms with E-state index in [1.54, 1.807) is 0 Å². The van der Waals surface area contributed by atoms with Crippen LogP contribution < -0.4 is 5.73 Å². The quantitative estimate of drug-likeness (QED) is 0.813. The predicted octanol–water partition coefficient (Wildman–Crippen LogP) is 2.69. The van der Waals surface area contributed by atoms with Crippen molar-refractivity contribution in [3.8, 4) is 0 Å². The van der Waals surface area contributed by atoms with Crippen molar-refractivity contribution in [3.05, 3.63) is 24.0 Å². The van der Waals surface area contributed by atoms with Gasteiger partial charge in [0, 0.05) is 24.3 Å². The van der Waals surface area contributed by atoms with Gasteiger partial charge >= 0.3 is 0 Å². The average Bonchev–Trinajstić information content (AvgIpc) is 2.67. The topological polar surface area (TPSA) is 64.1 Å². The van der Waals surface area contributed by atoms with Crippen molar-refractivity contribution < 1.29 is 5.11 Å². The van der Waals surface area contributed by atoms with Gasteiger partial charge in [-0.05, 0) is 44.9 Å². The van der Waals surface area contributed by atoms with Crippen LogP contribution in [0.3, 0.4) is 0 Å². The molecule has 0 fully saturated rings. The fraction of sp³-hybridized carbons (Fsp3) is 0.533. The van der Waals surface area contributed by atoms with Crippen LogP contribution in [-0.4, -0.2) is 21.3 Å². The number of imidazole rings is 1. The van der Waals surface area contributed by atoms with E-state index in [1.165, 1.54) is 0 Å². The van der Waals surface area contributed by atoms with Crippen LogP contribution >= 0.6 is 0 Å². The van der Waals surface area contributed by atoms with E-state index in [9.17, 15) is 5.11 Å². The standard InChI is InChI=1S/C15H23N3O/c1-4-5-14-17-12-10-11(16)6-7-13(12)18(14)15(2,3)8-9-19/h6-7,10,19H,4-5,8-9,16H2,1-3H3. The Labute approximate surface area is 114 Å². The smallest absolute Gasteiger partial charge is 0.110 e. The number of benzene rings is 1. The lowest BCUT2D eigenvalue weighted by atomic mass is 10.00. The minimum Gasteiger partial charge on any atom is -0.399 e. The molecule has 1 aromatic carbocycles. The monoisotopic (exact) mass is 261 g/mol. The van der Waals surface area contributed by atoms with E-state index in [2.05, 4.69) is 25.3 Å². The highest BCUT2D eigenvalue weighted by Crippen LogP contribution is 2.29. The van der Waals surface area contributed by atoms with Gasteiger partial charge in [0.2, 0.25) is 0 Å². The first-order chi connectivity index (χ1) is 8.99. The Morgan fingerprint density at radius 1 is 1.37 bits per heavy atom. The van der Waals surface area contributed by atoms with Crippen molar-refractivity contribution in [3.63, 3.8) is 0 Å². The van der Waals surface area contributed by atoms with Gasteiger partial charge in [0.1, 0.15) is 5.82 Å². The second-order valence-electron chi connectivity index (χ2n) is 5.65. The van der Waals surface area contributed by atoms with E-state index in [-0.39, 0.29) is 12.1 Å². The molecule has 1 aromatic heterocycles. The lowest BCUT2D eigenvalue weighted by molar-refractivity contribution is 0.213. The molecule has 0 atom stereocenters. The minimum atomic E-state index is -0.149. The third-order valence-corrected chi connectivity index (χ3v) is 3.55. The maximum absolute atomic E-state index is 9.28. The molecule has 2 rings (SSSR count). The first-order valence-electron chi connectivity index (χ1n) is 6.88. The summed E-state index contributed by atoms with van der Waals surface area (Å²) in [5, 5.41) is 9.28. The Kier molecular flexibility index (Phi) is 3.80. The fourth-order valence-corrected chi connectivity index (χ4v) is 2.60. The molecule has 0 aliphatic rings. The lowest BCUT2D eigenvalue weighted by Gasteiger charge is -2.29. The summed E-state index contributed by atoms with van der Waals surface area (Å²) in [5.41, 5.74) is 8.46. The van der Waals surface area contributed by atoms with Gasteiger partial charge in [-0.25, -0.2) is 4.98 Å². The summed E-state index contributed by atoms with van der Waals surface area (Å²) >= 11 is 0. The molecule has 0 saturated heterocycles. The van der Waals surface area contributed by atoms with Gasteiger partial charge in [0.05, 0.1) is 11.0 Å². The lowest BCUT2D eigenvalue weighted by Crippen LogP contribution is -2.29. The minimum absolute atomic E-state index is 0.149. The van der Waals surface area contributed by atoms with Crippen LogP contribution in [0.15, 0.2) is 18.2 Å². The van der Waals surface area contributed by atoms with Gasteiger partial charge in [0.15, 0.2) is 0 Å². The highest BCUT2D eigenvalue weighted by Gasteiger charge is 2.25. The second-order valence-corrected chi connectivity index (χ2v) is 5.65. The molecule has 19 heavy (non-hydrogen) atoms. The first kappa shape index (κ1) is 13.9. The third kappa shape index (κ3) is 2.59. The van der Waals surface area contributed by atoms with E-state index < -0.39 is 0 Å². The number of anilines is 1. The molecular weight excluding hydrogens is 238 g/mol. The summed E-state index contributed by atoms with van der Waals surface area (Å²) in [4.78, 5) is 4.71. The Balaban J connectivity index is 2.64. The number of aliphatic hydroxyl groups is 1. The number of aliphatic hydroxyl groups excluding tert-OH is 1. The molecule has 0 amide bonds. The normalized spacial score (nSPS) is 12.2. The SMILES string of the molecule is CCCc1nc2cc(N)ccc2n1C(C)(C)CCO. The molecule has 4 heteroatoms. The Morgan fingerprint density at radius 2 is 2.11 bits per heavy atom. The summed E-state index contributed by atoms with van der Waals surface area (Å²) in [6.07, 6.45) is 2.69. The number of aryl methyl sites for hydroxylation is 1. The summed E-state index contributed by atoms with van der Waals surface area (Å²) in [7, 11) is 0. The van der Waals surface area contributed by atoms with Crippen LogP contribution in [-0.2, 0) is 12.0 Å². The molecule has 4 nitrogen and oxygen atoms in total. The highest BCUT2D eigenvalue weighted by atomic mass is 16.3. The number of nitrogens with zero attached hydrogens (tertiary/aromatic N) is 2. The Hall–Kier alpha value is -1.55. The van der Waals surface area contributed by atoms with Crippen LogP contribution in [0.2, 0.25) is 0 Å². The zero-order chi connectivity index (χ0) is 14.0. The highest BCUT2D eigenvalue weighted by molar-refractivity contribution is 5.80. The molecule has 0 saturated carbocycles. The van der Waals surface area contributed by atoms with Gasteiger partial charge in [-0.2, -0.15) is 0 Å². The Bertz CT molecular complexity index is 572. The number of hydrogen-bond acceptors (Lipinski definition) is 3. The molecule has 0 radical (unpaired) electrons. The summed E-state index contributed by atoms with van der Waals surface area (Å²) in [5.74, 6) is 1.07. The maximum Gasteiger partial charge on any atom is 0.110 e. The molecule has 1 heterocycles. The average molecular weight is 261 g/mol. The van der Waals surface area contributed by atoms with Gasteiger partial charge < -0.3 is 15.4 Å². The van der Waals surface area contributed by atoms with Crippen molar-refractivity contribution in [1.29, 1.82) is 0 Å². The number of nitrogens with two attached hydrogens (primary N) is 1. The second kappa shape index (κ2) is 5.21. The van der Waals surface area contributed by atoms with E-state index in [0.717, 1.165) is 35.4 Å². The number of aromatic nitrogens is 2. The number of rotatable bonds is 5. The molecule has 0 unspecified atom stereocenters. The number of nitrogen functional groups attached to an aromatic ring is 1. The van der Waals surface area contributed by atoms with Crippen molar-refractivity contribution in [2.75, 3.05) is 12.3 Å². The molecule has 3 N–H and O–H groups in total. The summed E-state index contributed by atoms with van der Waals surface area (Å²) < 4.78 is 2.25. The zero-order valence-corrected chi connectivity index (χ0v) is 12.0. The molecule has 0 aliphatic carbocycles. The molecule has 0 aliphatic heterocycles. The molecule has 0 bridgehead atoms. The third-order valence-electron chi connectivity index (χ3n) is 3.55. The summed E-state index contributed by atoms with van der Waals surface area (Å²) in [6.45, 7) is 6.60. The van der Waals surface area contributed by atoms with Crippen LogP contribution in [0.25, 0.3) is 11.0 Å². The van der Waals surface area contributed by atoms with E-state index in [0.29, 0.717) is 6.42 Å².